The van der Waals surface area contributed by atoms with Gasteiger partial charge in [0, 0.05) is 11.1 Å². The van der Waals surface area contributed by atoms with E-state index in [0.717, 1.165) is 0 Å². The molecule has 0 aliphatic carbocycles. The van der Waals surface area contributed by atoms with Gasteiger partial charge in [0.2, 0.25) is 0 Å². The predicted molar refractivity (Wildman–Crippen MR) is 92.5 cm³/mol. The van der Waals surface area contributed by atoms with E-state index in [9.17, 15) is 4.79 Å². The molecule has 2 aromatic heterocycles. The van der Waals surface area contributed by atoms with E-state index in [2.05, 4.69) is 20.5 Å². The number of nitrogens with zero attached hydrogens (tertiary/aromatic N) is 3. The normalized spacial score (nSPS) is 10.6. The van der Waals surface area contributed by atoms with Crippen LogP contribution in [0.3, 0.4) is 0 Å². The first-order valence-electron chi connectivity index (χ1n) is 6.94. The van der Waals surface area contributed by atoms with Crippen LogP contribution in [-0.4, -0.2) is 21.1 Å². The first-order valence-corrected chi connectivity index (χ1v) is 7.69. The molecule has 0 spiro atoms. The number of rotatable bonds is 2. The molecular formula is C16H11Cl2N5O. The van der Waals surface area contributed by atoms with Crippen LogP contribution in [0.25, 0.3) is 10.9 Å². The number of carbonyl (C=O) groups excluding carboxylic acids is 1. The van der Waals surface area contributed by atoms with Crippen LogP contribution in [0, 0.1) is 25.2 Å². The molecule has 3 rings (SSSR count). The molecule has 0 radical (unpaired) electrons. The lowest BCUT2D eigenvalue weighted by molar-refractivity contribution is 0.102. The summed E-state index contributed by atoms with van der Waals surface area (Å²) in [5.41, 5.74) is 2.94. The number of hydrogen-bond acceptors (Lipinski definition) is 4. The molecule has 6 nitrogen and oxygen atoms in total. The molecule has 0 unspecified atom stereocenters. The molecule has 2 heterocycles. The van der Waals surface area contributed by atoms with Crippen LogP contribution >= 0.6 is 23.2 Å². The Hall–Kier alpha value is -2.62. The molecule has 8 heteroatoms. The van der Waals surface area contributed by atoms with Crippen molar-refractivity contribution in [3.8, 4) is 6.07 Å². The Balaban J connectivity index is 1.97. The summed E-state index contributed by atoms with van der Waals surface area (Å²) in [7, 11) is 0. The standard InChI is InChI=1S/C16H11Cl2N5O/c1-7-8(2)13(21-14(17)11(7)6-19)16(24)20-9-3-4-12-10(5-9)15(18)23-22-12/h3-5H,1-2H3,(H,20,24)(H,22,23). The average molecular weight is 360 g/mol. The monoisotopic (exact) mass is 359 g/mol. The fourth-order valence-corrected chi connectivity index (χ4v) is 2.82. The van der Waals surface area contributed by atoms with E-state index in [1.807, 2.05) is 6.07 Å². The van der Waals surface area contributed by atoms with E-state index in [4.69, 9.17) is 28.5 Å². The van der Waals surface area contributed by atoms with Crippen molar-refractivity contribution in [3.63, 3.8) is 0 Å². The quantitative estimate of drug-likeness (QED) is 0.675. The highest BCUT2D eigenvalue weighted by molar-refractivity contribution is 6.34. The fraction of sp³-hybridized carbons (Fsp3) is 0.125. The van der Waals surface area contributed by atoms with Crippen molar-refractivity contribution < 1.29 is 4.79 Å². The van der Waals surface area contributed by atoms with Crippen LogP contribution in [0.1, 0.15) is 27.2 Å². The van der Waals surface area contributed by atoms with E-state index < -0.39 is 5.91 Å². The highest BCUT2D eigenvalue weighted by atomic mass is 35.5. The van der Waals surface area contributed by atoms with Gasteiger partial charge in [0.1, 0.15) is 22.1 Å². The third-order valence-corrected chi connectivity index (χ3v) is 4.36. The van der Waals surface area contributed by atoms with Gasteiger partial charge in [0.25, 0.3) is 5.91 Å². The molecule has 0 saturated carbocycles. The highest BCUT2D eigenvalue weighted by Crippen LogP contribution is 2.26. The number of carbonyl (C=O) groups is 1. The summed E-state index contributed by atoms with van der Waals surface area (Å²) in [6.07, 6.45) is 0. The SMILES string of the molecule is Cc1c(C(=O)Nc2ccc3n[nH]c(Cl)c3c2)nc(Cl)c(C#N)c1C. The zero-order valence-electron chi connectivity index (χ0n) is 12.7. The Morgan fingerprint density at radius 3 is 2.75 bits per heavy atom. The lowest BCUT2D eigenvalue weighted by atomic mass is 10.0. The number of pyridine rings is 1. The topological polar surface area (TPSA) is 94.5 Å². The van der Waals surface area contributed by atoms with Crippen LogP contribution < -0.4 is 5.32 Å². The highest BCUT2D eigenvalue weighted by Gasteiger charge is 2.18. The zero-order valence-corrected chi connectivity index (χ0v) is 14.2. The van der Waals surface area contributed by atoms with E-state index in [1.165, 1.54) is 0 Å². The molecule has 1 aromatic carbocycles. The lowest BCUT2D eigenvalue weighted by Crippen LogP contribution is -2.16. The number of aromatic amines is 1. The third-order valence-electron chi connectivity index (χ3n) is 3.80. The maximum atomic E-state index is 12.5. The summed E-state index contributed by atoms with van der Waals surface area (Å²) in [5.74, 6) is -0.416. The summed E-state index contributed by atoms with van der Waals surface area (Å²) in [5, 5.41) is 19.7. The average Bonchev–Trinajstić information content (AvgIpc) is 2.92. The van der Waals surface area contributed by atoms with Gasteiger partial charge in [-0.3, -0.25) is 9.89 Å². The molecule has 0 fully saturated rings. The second kappa shape index (κ2) is 6.11. The zero-order chi connectivity index (χ0) is 17.4. The number of hydrogen-bond donors (Lipinski definition) is 2. The number of anilines is 1. The van der Waals surface area contributed by atoms with Crippen molar-refractivity contribution in [2.45, 2.75) is 13.8 Å². The molecule has 1 amide bonds. The van der Waals surface area contributed by atoms with Crippen molar-refractivity contribution in [1.29, 1.82) is 5.26 Å². The Kier molecular flexibility index (Phi) is 4.14. The minimum Gasteiger partial charge on any atom is -0.321 e. The van der Waals surface area contributed by atoms with Gasteiger partial charge in [-0.25, -0.2) is 4.98 Å². The van der Waals surface area contributed by atoms with Crippen LogP contribution in [0.5, 0.6) is 0 Å². The van der Waals surface area contributed by atoms with E-state index in [1.54, 1.807) is 32.0 Å². The molecule has 120 valence electrons. The largest absolute Gasteiger partial charge is 0.321 e. The van der Waals surface area contributed by atoms with Gasteiger partial charge < -0.3 is 5.32 Å². The molecule has 24 heavy (non-hydrogen) atoms. The molecular weight excluding hydrogens is 349 g/mol. The van der Waals surface area contributed by atoms with Crippen LogP contribution in [0.2, 0.25) is 10.3 Å². The Morgan fingerprint density at radius 2 is 2.04 bits per heavy atom. The summed E-state index contributed by atoms with van der Waals surface area (Å²) in [6, 6.07) is 7.16. The smallest absolute Gasteiger partial charge is 0.274 e. The van der Waals surface area contributed by atoms with E-state index >= 15 is 0 Å². The van der Waals surface area contributed by atoms with Gasteiger partial charge in [0.15, 0.2) is 0 Å². The summed E-state index contributed by atoms with van der Waals surface area (Å²) in [4.78, 5) is 16.6. The van der Waals surface area contributed by atoms with Gasteiger partial charge in [-0.05, 0) is 43.2 Å². The van der Waals surface area contributed by atoms with Crippen molar-refractivity contribution in [1.82, 2.24) is 15.2 Å². The Morgan fingerprint density at radius 1 is 1.29 bits per heavy atom. The van der Waals surface area contributed by atoms with Gasteiger partial charge >= 0.3 is 0 Å². The molecule has 0 aliphatic heterocycles. The van der Waals surface area contributed by atoms with Gasteiger partial charge in [0.05, 0.1) is 11.1 Å². The van der Waals surface area contributed by atoms with Crippen molar-refractivity contribution in [3.05, 3.63) is 50.9 Å². The predicted octanol–water partition coefficient (Wildman–Crippen LogP) is 4.01. The number of nitrogens with one attached hydrogen (secondary N) is 2. The number of halogens is 2. The van der Waals surface area contributed by atoms with Crippen molar-refractivity contribution in [2.75, 3.05) is 5.32 Å². The Labute approximate surface area is 147 Å². The molecule has 0 saturated heterocycles. The first kappa shape index (κ1) is 16.2. The van der Waals surface area contributed by atoms with E-state index in [0.29, 0.717) is 32.9 Å². The van der Waals surface area contributed by atoms with Gasteiger partial charge in [-0.1, -0.05) is 23.2 Å². The fourth-order valence-electron chi connectivity index (χ4n) is 2.36. The van der Waals surface area contributed by atoms with Gasteiger partial charge in [-0.2, -0.15) is 10.4 Å². The molecule has 2 N–H and O–H groups in total. The number of aromatic nitrogens is 3. The summed E-state index contributed by atoms with van der Waals surface area (Å²) < 4.78 is 0. The number of H-pyrrole nitrogens is 1. The summed E-state index contributed by atoms with van der Waals surface area (Å²) >= 11 is 12.0. The number of amides is 1. The number of nitriles is 1. The molecule has 0 atom stereocenters. The minimum atomic E-state index is -0.416. The lowest BCUT2D eigenvalue weighted by Gasteiger charge is -2.11. The van der Waals surface area contributed by atoms with Crippen LogP contribution in [0.15, 0.2) is 18.2 Å². The van der Waals surface area contributed by atoms with Crippen molar-refractivity contribution >= 4 is 45.7 Å². The molecule has 0 bridgehead atoms. The van der Waals surface area contributed by atoms with Gasteiger partial charge in [-0.15, -0.1) is 0 Å². The van der Waals surface area contributed by atoms with Crippen LogP contribution in [-0.2, 0) is 0 Å². The second-order valence-electron chi connectivity index (χ2n) is 5.21. The maximum Gasteiger partial charge on any atom is 0.274 e. The third kappa shape index (κ3) is 2.68. The Bertz CT molecular complexity index is 1020. The number of fused-ring (bicyclic) bond motifs is 1. The first-order chi connectivity index (χ1) is 11.4. The second-order valence-corrected chi connectivity index (χ2v) is 5.95. The molecule has 3 aromatic rings. The maximum absolute atomic E-state index is 12.5. The van der Waals surface area contributed by atoms with Crippen LogP contribution in [0.4, 0.5) is 5.69 Å². The molecule has 0 aliphatic rings. The van der Waals surface area contributed by atoms with Crippen molar-refractivity contribution in [2.24, 2.45) is 0 Å². The van der Waals surface area contributed by atoms with E-state index in [-0.39, 0.29) is 16.4 Å². The number of benzene rings is 1. The summed E-state index contributed by atoms with van der Waals surface area (Å²) in [6.45, 7) is 3.46. The minimum absolute atomic E-state index is 0.0130.